The Morgan fingerprint density at radius 1 is 1.06 bits per heavy atom. The molecule has 5 amide bonds. The number of nitrogens with zero attached hydrogens (tertiary/aromatic N) is 3. The number of carbonyl (C=O) groups excluding carboxylic acids is 5. The molecule has 31 heavy (non-hydrogen) atoms. The second-order valence-electron chi connectivity index (χ2n) is 7.91. The van der Waals surface area contributed by atoms with Crippen molar-refractivity contribution in [1.82, 2.24) is 15.1 Å². The molecule has 2 saturated heterocycles. The number of rotatable bonds is 5. The van der Waals surface area contributed by atoms with Gasteiger partial charge in [-0.2, -0.15) is 0 Å². The maximum absolute atomic E-state index is 13.2. The third-order valence-corrected chi connectivity index (χ3v) is 6.01. The van der Waals surface area contributed by atoms with Gasteiger partial charge in [0.05, 0.1) is 16.8 Å². The molecule has 3 aliphatic rings. The van der Waals surface area contributed by atoms with E-state index in [0.717, 1.165) is 4.90 Å². The third kappa shape index (κ3) is 3.78. The van der Waals surface area contributed by atoms with Crippen LogP contribution in [0.5, 0.6) is 0 Å². The van der Waals surface area contributed by atoms with Gasteiger partial charge in [-0.3, -0.25) is 34.2 Å². The second-order valence-corrected chi connectivity index (χ2v) is 7.91. The minimum atomic E-state index is -0.991. The quantitative estimate of drug-likeness (QED) is 0.604. The van der Waals surface area contributed by atoms with Gasteiger partial charge in [-0.15, -0.1) is 0 Å². The number of amides is 5. The molecule has 0 saturated carbocycles. The van der Waals surface area contributed by atoms with Crippen molar-refractivity contribution in [2.45, 2.75) is 31.7 Å². The smallest absolute Gasteiger partial charge is 0.264 e. The normalized spacial score (nSPS) is 21.5. The lowest BCUT2D eigenvalue weighted by molar-refractivity contribution is -0.136. The Hall–Kier alpha value is -3.27. The molecule has 10 nitrogen and oxygen atoms in total. The maximum Gasteiger partial charge on any atom is 0.264 e. The van der Waals surface area contributed by atoms with E-state index in [9.17, 15) is 24.0 Å². The zero-order chi connectivity index (χ0) is 22.1. The van der Waals surface area contributed by atoms with E-state index in [4.69, 9.17) is 5.73 Å². The average molecular weight is 427 g/mol. The molecule has 0 bridgehead atoms. The monoisotopic (exact) mass is 427 g/mol. The Balaban J connectivity index is 1.53. The van der Waals surface area contributed by atoms with Gasteiger partial charge in [0.15, 0.2) is 0 Å². The summed E-state index contributed by atoms with van der Waals surface area (Å²) < 4.78 is 0. The number of carbonyl (C=O) groups is 5. The van der Waals surface area contributed by atoms with Gasteiger partial charge >= 0.3 is 0 Å². The summed E-state index contributed by atoms with van der Waals surface area (Å²) in [6, 6.07) is 4.09. The molecule has 3 N–H and O–H groups in total. The summed E-state index contributed by atoms with van der Waals surface area (Å²) in [7, 11) is 0. The molecule has 3 heterocycles. The van der Waals surface area contributed by atoms with Crippen LogP contribution >= 0.6 is 0 Å². The highest BCUT2D eigenvalue weighted by molar-refractivity contribution is 6.25. The zero-order valence-electron chi connectivity index (χ0n) is 17.1. The molecule has 0 spiro atoms. The highest BCUT2D eigenvalue weighted by atomic mass is 16.2. The molecule has 0 aromatic heterocycles. The fraction of sp³-hybridized carbons (Fsp3) is 0.476. The Labute approximate surface area is 179 Å². The molecule has 3 aliphatic heterocycles. The number of nitrogens with one attached hydrogen (secondary N) is 1. The van der Waals surface area contributed by atoms with Gasteiger partial charge in [0.25, 0.3) is 11.8 Å². The number of hydrogen-bond acceptors (Lipinski definition) is 7. The highest BCUT2D eigenvalue weighted by Gasteiger charge is 2.46. The molecule has 4 rings (SSSR count). The first-order valence-electron chi connectivity index (χ1n) is 10.5. The summed E-state index contributed by atoms with van der Waals surface area (Å²) >= 11 is 0. The van der Waals surface area contributed by atoms with E-state index >= 15 is 0 Å². The minimum absolute atomic E-state index is 0.0682. The Morgan fingerprint density at radius 2 is 1.81 bits per heavy atom. The van der Waals surface area contributed by atoms with E-state index in [1.807, 2.05) is 4.90 Å². The van der Waals surface area contributed by atoms with E-state index in [-0.39, 0.29) is 29.9 Å². The lowest BCUT2D eigenvalue weighted by Gasteiger charge is -2.37. The van der Waals surface area contributed by atoms with E-state index in [2.05, 4.69) is 5.32 Å². The summed E-state index contributed by atoms with van der Waals surface area (Å²) in [5.74, 6) is -2.01. The van der Waals surface area contributed by atoms with Crippen LogP contribution in [-0.4, -0.2) is 78.1 Å². The summed E-state index contributed by atoms with van der Waals surface area (Å²) in [5, 5.41) is 2.20. The molecule has 0 aliphatic carbocycles. The maximum atomic E-state index is 13.2. The molecule has 1 atom stereocenters. The van der Waals surface area contributed by atoms with Crippen LogP contribution in [0.3, 0.4) is 0 Å². The first-order valence-corrected chi connectivity index (χ1v) is 10.5. The molecule has 0 radical (unpaired) electrons. The Bertz CT molecular complexity index is 953. The van der Waals surface area contributed by atoms with Gasteiger partial charge in [-0.1, -0.05) is 6.07 Å². The number of piperazine rings is 1. The number of anilines is 1. The van der Waals surface area contributed by atoms with Gasteiger partial charge in [0.1, 0.15) is 6.04 Å². The second kappa shape index (κ2) is 8.46. The summed E-state index contributed by atoms with van der Waals surface area (Å²) in [6.45, 7) is 2.58. The third-order valence-electron chi connectivity index (χ3n) is 6.01. The number of fused-ring (bicyclic) bond motifs is 1. The highest BCUT2D eigenvalue weighted by Crippen LogP contribution is 2.34. The number of piperidine rings is 1. The van der Waals surface area contributed by atoms with Gasteiger partial charge in [0, 0.05) is 39.0 Å². The van der Waals surface area contributed by atoms with E-state index in [0.29, 0.717) is 51.3 Å². The first kappa shape index (κ1) is 21.0. The lowest BCUT2D eigenvalue weighted by atomic mass is 10.0. The number of hydrogen-bond donors (Lipinski definition) is 2. The van der Waals surface area contributed by atoms with Crippen LogP contribution in [-0.2, 0) is 14.4 Å². The van der Waals surface area contributed by atoms with Gasteiger partial charge in [-0.25, -0.2) is 0 Å². The molecule has 1 unspecified atom stereocenters. The first-order chi connectivity index (χ1) is 14.9. The van der Waals surface area contributed by atoms with Gasteiger partial charge in [-0.05, 0) is 31.5 Å². The summed E-state index contributed by atoms with van der Waals surface area (Å²) in [5.41, 5.74) is 6.64. The fourth-order valence-corrected chi connectivity index (χ4v) is 4.37. The SMILES string of the molecule is NCCCC(=O)N1CCN(c2cccc3c2C(=O)N(C2CCC(=O)NC2=O)C3=O)CC1. The van der Waals surface area contributed by atoms with Crippen LogP contribution in [0.15, 0.2) is 18.2 Å². The molecule has 164 valence electrons. The van der Waals surface area contributed by atoms with Crippen molar-refractivity contribution in [2.75, 3.05) is 37.6 Å². The van der Waals surface area contributed by atoms with Crippen molar-refractivity contribution in [3.8, 4) is 0 Å². The van der Waals surface area contributed by atoms with Crippen LogP contribution in [0.1, 0.15) is 46.4 Å². The molecule has 10 heteroatoms. The van der Waals surface area contributed by atoms with Crippen molar-refractivity contribution in [3.05, 3.63) is 29.3 Å². The van der Waals surface area contributed by atoms with Crippen LogP contribution in [0, 0.1) is 0 Å². The van der Waals surface area contributed by atoms with Gasteiger partial charge < -0.3 is 15.5 Å². The largest absolute Gasteiger partial charge is 0.367 e. The Morgan fingerprint density at radius 3 is 2.48 bits per heavy atom. The van der Waals surface area contributed by atoms with Crippen LogP contribution in [0.2, 0.25) is 0 Å². The predicted molar refractivity (Wildman–Crippen MR) is 110 cm³/mol. The van der Waals surface area contributed by atoms with E-state index < -0.39 is 29.7 Å². The number of benzene rings is 1. The lowest BCUT2D eigenvalue weighted by Crippen LogP contribution is -2.54. The molecule has 2 fully saturated rings. The minimum Gasteiger partial charge on any atom is -0.367 e. The fourth-order valence-electron chi connectivity index (χ4n) is 4.37. The summed E-state index contributed by atoms with van der Waals surface area (Å²) in [4.78, 5) is 66.9. The van der Waals surface area contributed by atoms with E-state index in [1.54, 1.807) is 23.1 Å². The van der Waals surface area contributed by atoms with E-state index in [1.165, 1.54) is 0 Å². The number of imide groups is 2. The van der Waals surface area contributed by atoms with Gasteiger partial charge in [0.2, 0.25) is 17.7 Å². The molecule has 1 aromatic carbocycles. The van der Waals surface area contributed by atoms with Crippen molar-refractivity contribution in [3.63, 3.8) is 0 Å². The summed E-state index contributed by atoms with van der Waals surface area (Å²) in [6.07, 6.45) is 1.27. The standard InChI is InChI=1S/C21H25N5O5/c22-8-2-5-17(28)25-11-9-24(10-12-25)14-4-1-3-13-18(14)21(31)26(20(13)30)15-6-7-16(27)23-19(15)29/h1,3-4,15H,2,5-12,22H2,(H,23,27,29). The predicted octanol–water partition coefficient (Wildman–Crippen LogP) is -0.525. The van der Waals surface area contributed by atoms with Crippen LogP contribution in [0.25, 0.3) is 0 Å². The van der Waals surface area contributed by atoms with Crippen LogP contribution in [0.4, 0.5) is 5.69 Å². The van der Waals surface area contributed by atoms with Crippen molar-refractivity contribution in [2.24, 2.45) is 5.73 Å². The molecular formula is C21H25N5O5. The van der Waals surface area contributed by atoms with Crippen LogP contribution < -0.4 is 16.0 Å². The van der Waals surface area contributed by atoms with Crippen molar-refractivity contribution >= 4 is 35.2 Å². The average Bonchev–Trinajstić information content (AvgIpc) is 3.03. The van der Waals surface area contributed by atoms with Crippen molar-refractivity contribution < 1.29 is 24.0 Å². The molecular weight excluding hydrogens is 402 g/mol. The zero-order valence-corrected chi connectivity index (χ0v) is 17.1. The Kier molecular flexibility index (Phi) is 5.73. The van der Waals surface area contributed by atoms with Crippen molar-refractivity contribution in [1.29, 1.82) is 0 Å². The number of nitrogens with two attached hydrogens (primary N) is 1. The molecule has 1 aromatic rings. The topological polar surface area (TPSA) is 133 Å².